The molecule has 6 heteroatoms. The van der Waals surface area contributed by atoms with Crippen LogP contribution in [0.5, 0.6) is 0 Å². The first-order valence-electron chi connectivity index (χ1n) is 7.82. The maximum absolute atomic E-state index is 12.4. The van der Waals surface area contributed by atoms with Crippen LogP contribution >= 0.6 is 11.6 Å². The van der Waals surface area contributed by atoms with Gasteiger partial charge in [-0.05, 0) is 48.9 Å². The van der Waals surface area contributed by atoms with Crippen LogP contribution in [0.3, 0.4) is 0 Å². The lowest BCUT2D eigenvalue weighted by molar-refractivity contribution is -0.384. The maximum atomic E-state index is 12.4. The van der Waals surface area contributed by atoms with E-state index in [0.29, 0.717) is 0 Å². The first-order chi connectivity index (χ1) is 11.5. The van der Waals surface area contributed by atoms with Gasteiger partial charge in [-0.2, -0.15) is 0 Å². The third-order valence-electron chi connectivity index (χ3n) is 4.38. The minimum Gasteiger partial charge on any atom is -0.345 e. The van der Waals surface area contributed by atoms with Gasteiger partial charge in [0.15, 0.2) is 0 Å². The number of halogens is 1. The minimum atomic E-state index is -0.545. The number of amides is 1. The van der Waals surface area contributed by atoms with Crippen LogP contribution in [0.2, 0.25) is 5.02 Å². The summed E-state index contributed by atoms with van der Waals surface area (Å²) in [5, 5.41) is 13.9. The number of benzene rings is 2. The van der Waals surface area contributed by atoms with Crippen molar-refractivity contribution >= 4 is 23.2 Å². The molecule has 0 bridgehead atoms. The lowest BCUT2D eigenvalue weighted by Crippen LogP contribution is -2.27. The van der Waals surface area contributed by atoms with Crippen LogP contribution in [0.15, 0.2) is 36.4 Å². The standard InChI is InChI=1S/C18H17ClN2O3/c1-11(13-6-5-12-3-2-4-14(12)9-13)20-18(22)16-10-15(21(23)24)7-8-17(16)19/h5-11H,2-4H2,1H3,(H,20,22)/t11-/m0/s1. The SMILES string of the molecule is C[C@H](NC(=O)c1cc([N+](=O)[O-])ccc1Cl)c1ccc2c(c1)CCC2. The molecule has 0 heterocycles. The molecule has 0 unspecified atom stereocenters. The first-order valence-corrected chi connectivity index (χ1v) is 8.20. The number of hydrogen-bond acceptors (Lipinski definition) is 3. The molecule has 1 aliphatic rings. The fourth-order valence-electron chi connectivity index (χ4n) is 3.02. The molecule has 3 rings (SSSR count). The Kier molecular flexibility index (Phi) is 4.53. The Hall–Kier alpha value is -2.40. The molecule has 1 N–H and O–H groups in total. The van der Waals surface area contributed by atoms with Crippen LogP contribution in [0.1, 0.15) is 46.4 Å². The van der Waals surface area contributed by atoms with Crippen LogP contribution in [-0.4, -0.2) is 10.8 Å². The summed E-state index contributed by atoms with van der Waals surface area (Å²) in [5.41, 5.74) is 3.68. The third kappa shape index (κ3) is 3.26. The summed E-state index contributed by atoms with van der Waals surface area (Å²) in [6.45, 7) is 1.89. The van der Waals surface area contributed by atoms with E-state index < -0.39 is 10.8 Å². The second kappa shape index (κ2) is 6.61. The summed E-state index contributed by atoms with van der Waals surface area (Å²) in [4.78, 5) is 22.8. The fourth-order valence-corrected chi connectivity index (χ4v) is 3.22. The van der Waals surface area contributed by atoms with E-state index in [1.165, 1.54) is 35.7 Å². The van der Waals surface area contributed by atoms with E-state index in [-0.39, 0.29) is 22.3 Å². The Bertz CT molecular complexity index is 820. The number of nitrogens with one attached hydrogen (secondary N) is 1. The van der Waals surface area contributed by atoms with E-state index in [2.05, 4.69) is 17.4 Å². The van der Waals surface area contributed by atoms with Gasteiger partial charge in [-0.15, -0.1) is 0 Å². The molecule has 2 aromatic carbocycles. The molecule has 0 radical (unpaired) electrons. The van der Waals surface area contributed by atoms with Crippen molar-refractivity contribution in [2.24, 2.45) is 0 Å². The van der Waals surface area contributed by atoms with Gasteiger partial charge in [0.1, 0.15) is 0 Å². The molecule has 0 saturated heterocycles. The van der Waals surface area contributed by atoms with Gasteiger partial charge in [0.05, 0.1) is 21.6 Å². The van der Waals surface area contributed by atoms with Gasteiger partial charge in [0.2, 0.25) is 0 Å². The highest BCUT2D eigenvalue weighted by molar-refractivity contribution is 6.33. The molecule has 0 spiro atoms. The van der Waals surface area contributed by atoms with Crippen molar-refractivity contribution in [2.45, 2.75) is 32.2 Å². The second-order valence-corrected chi connectivity index (χ2v) is 6.41. The van der Waals surface area contributed by atoms with Crippen LogP contribution in [0.4, 0.5) is 5.69 Å². The molecule has 0 fully saturated rings. The Balaban J connectivity index is 1.79. The number of nitrogens with zero attached hydrogens (tertiary/aromatic N) is 1. The van der Waals surface area contributed by atoms with Gasteiger partial charge >= 0.3 is 0 Å². The van der Waals surface area contributed by atoms with E-state index in [9.17, 15) is 14.9 Å². The molecule has 24 heavy (non-hydrogen) atoms. The van der Waals surface area contributed by atoms with E-state index >= 15 is 0 Å². The largest absolute Gasteiger partial charge is 0.345 e. The summed E-state index contributed by atoms with van der Waals surface area (Å²) in [7, 11) is 0. The molecular formula is C18H17ClN2O3. The van der Waals surface area contributed by atoms with E-state index in [1.807, 2.05) is 13.0 Å². The molecule has 124 valence electrons. The zero-order valence-electron chi connectivity index (χ0n) is 13.2. The fraction of sp³-hybridized carbons (Fsp3) is 0.278. The molecule has 2 aromatic rings. The molecule has 0 aromatic heterocycles. The minimum absolute atomic E-state index is 0.110. The Morgan fingerprint density at radius 1 is 1.21 bits per heavy atom. The van der Waals surface area contributed by atoms with Crippen molar-refractivity contribution < 1.29 is 9.72 Å². The number of carbonyl (C=O) groups is 1. The molecule has 1 amide bonds. The average Bonchev–Trinajstić information content (AvgIpc) is 3.02. The molecule has 5 nitrogen and oxygen atoms in total. The summed E-state index contributed by atoms with van der Waals surface area (Å²) in [5.74, 6) is -0.420. The van der Waals surface area contributed by atoms with Gasteiger partial charge in [-0.1, -0.05) is 29.8 Å². The van der Waals surface area contributed by atoms with Crippen LogP contribution < -0.4 is 5.32 Å². The topological polar surface area (TPSA) is 72.2 Å². The van der Waals surface area contributed by atoms with Gasteiger partial charge in [0.25, 0.3) is 11.6 Å². The van der Waals surface area contributed by atoms with Crippen molar-refractivity contribution in [2.75, 3.05) is 0 Å². The predicted molar refractivity (Wildman–Crippen MR) is 92.5 cm³/mol. The van der Waals surface area contributed by atoms with Gasteiger partial charge in [-0.25, -0.2) is 0 Å². The summed E-state index contributed by atoms with van der Waals surface area (Å²) >= 11 is 6.02. The van der Waals surface area contributed by atoms with Crippen LogP contribution in [0.25, 0.3) is 0 Å². The number of nitro benzene ring substituents is 1. The smallest absolute Gasteiger partial charge is 0.270 e. The number of hydrogen-bond donors (Lipinski definition) is 1. The van der Waals surface area contributed by atoms with E-state index in [0.717, 1.165) is 18.4 Å². The zero-order valence-corrected chi connectivity index (χ0v) is 14.0. The number of aryl methyl sites for hydroxylation is 2. The quantitative estimate of drug-likeness (QED) is 0.666. The highest BCUT2D eigenvalue weighted by atomic mass is 35.5. The lowest BCUT2D eigenvalue weighted by atomic mass is 10.0. The van der Waals surface area contributed by atoms with Crippen molar-refractivity contribution in [1.82, 2.24) is 5.32 Å². The maximum Gasteiger partial charge on any atom is 0.270 e. The molecule has 1 aliphatic carbocycles. The normalized spacial score (nSPS) is 14.1. The van der Waals surface area contributed by atoms with Crippen LogP contribution in [0, 0.1) is 10.1 Å². The number of non-ortho nitro benzene ring substituents is 1. The highest BCUT2D eigenvalue weighted by Gasteiger charge is 2.19. The van der Waals surface area contributed by atoms with Crippen LogP contribution in [-0.2, 0) is 12.8 Å². The van der Waals surface area contributed by atoms with Gasteiger partial charge in [-0.3, -0.25) is 14.9 Å². The van der Waals surface area contributed by atoms with Crippen molar-refractivity contribution in [3.05, 3.63) is 73.8 Å². The van der Waals surface area contributed by atoms with Crippen molar-refractivity contribution in [3.63, 3.8) is 0 Å². The monoisotopic (exact) mass is 344 g/mol. The highest BCUT2D eigenvalue weighted by Crippen LogP contribution is 2.26. The van der Waals surface area contributed by atoms with Crippen molar-refractivity contribution in [1.29, 1.82) is 0 Å². The zero-order chi connectivity index (χ0) is 17.3. The lowest BCUT2D eigenvalue weighted by Gasteiger charge is -2.16. The van der Waals surface area contributed by atoms with Gasteiger partial charge < -0.3 is 5.32 Å². The van der Waals surface area contributed by atoms with E-state index in [1.54, 1.807) is 0 Å². The number of carbonyl (C=O) groups excluding carboxylic acids is 1. The second-order valence-electron chi connectivity index (χ2n) is 6.00. The molecule has 1 atom stereocenters. The molecule has 0 saturated carbocycles. The van der Waals surface area contributed by atoms with Gasteiger partial charge in [0, 0.05) is 12.1 Å². The summed E-state index contributed by atoms with van der Waals surface area (Å²) in [6, 6.07) is 9.90. The first kappa shape index (κ1) is 16.5. The number of nitro groups is 1. The van der Waals surface area contributed by atoms with Crippen molar-refractivity contribution in [3.8, 4) is 0 Å². The summed E-state index contributed by atoms with van der Waals surface area (Å²) in [6.07, 6.45) is 3.35. The number of rotatable bonds is 4. The Morgan fingerprint density at radius 2 is 1.96 bits per heavy atom. The van der Waals surface area contributed by atoms with E-state index in [4.69, 9.17) is 11.6 Å². The third-order valence-corrected chi connectivity index (χ3v) is 4.71. The Labute approximate surface area is 144 Å². The molecule has 0 aliphatic heterocycles. The molecular weight excluding hydrogens is 328 g/mol. The summed E-state index contributed by atoms with van der Waals surface area (Å²) < 4.78 is 0. The number of fused-ring (bicyclic) bond motifs is 1. The predicted octanol–water partition coefficient (Wildman–Crippen LogP) is 4.23. The average molecular weight is 345 g/mol. The Morgan fingerprint density at radius 3 is 2.71 bits per heavy atom.